The first-order chi connectivity index (χ1) is 14.6. The summed E-state index contributed by atoms with van der Waals surface area (Å²) in [5, 5.41) is 0. The second-order valence-electron chi connectivity index (χ2n) is 7.14. The van der Waals surface area contributed by atoms with Crippen LogP contribution in [0.1, 0.15) is 59.3 Å². The van der Waals surface area contributed by atoms with Crippen molar-refractivity contribution in [3.63, 3.8) is 0 Å². The molecular formula is C25H38FN3O. The molecule has 30 heavy (non-hydrogen) atoms. The molecule has 0 radical (unpaired) electrons. The third kappa shape index (κ3) is 8.62. The minimum Gasteiger partial charge on any atom is -0.493 e. The van der Waals surface area contributed by atoms with Crippen LogP contribution >= 0.6 is 0 Å². The van der Waals surface area contributed by atoms with Crippen LogP contribution in [0, 0.1) is 0 Å². The van der Waals surface area contributed by atoms with Crippen LogP contribution in [-0.4, -0.2) is 38.9 Å². The third-order valence-corrected chi connectivity index (χ3v) is 4.74. The average Bonchev–Trinajstić information content (AvgIpc) is 2.92. The molecule has 2 N–H and O–H groups in total. The fourth-order valence-corrected chi connectivity index (χ4v) is 3.24. The zero-order chi connectivity index (χ0) is 22.2. The molecule has 0 atom stereocenters. The smallest absolute Gasteiger partial charge is 0.118 e. The van der Waals surface area contributed by atoms with Gasteiger partial charge in [0.1, 0.15) is 19.0 Å². The molecule has 0 amide bonds. The quantitative estimate of drug-likeness (QED) is 0.295. The predicted molar refractivity (Wildman–Crippen MR) is 128 cm³/mol. The van der Waals surface area contributed by atoms with E-state index in [4.69, 9.17) is 10.5 Å². The molecule has 0 aromatic heterocycles. The van der Waals surface area contributed by atoms with Crippen molar-refractivity contribution < 1.29 is 9.13 Å². The molecule has 0 aliphatic heterocycles. The molecule has 0 saturated heterocycles. The van der Waals surface area contributed by atoms with Crippen LogP contribution in [0.25, 0.3) is 0 Å². The van der Waals surface area contributed by atoms with Crippen LogP contribution in [0.5, 0.6) is 0 Å². The minimum atomic E-state index is -0.623. The van der Waals surface area contributed by atoms with E-state index in [0.29, 0.717) is 35.6 Å². The Labute approximate surface area is 181 Å². The molecule has 0 spiro atoms. The summed E-state index contributed by atoms with van der Waals surface area (Å²) in [7, 11) is 1.68. The highest BCUT2D eigenvalue weighted by Crippen LogP contribution is 2.29. The number of hydrogen-bond acceptors (Lipinski definition) is 4. The summed E-state index contributed by atoms with van der Waals surface area (Å²) in [5.41, 5.74) is 9.69. The molecule has 0 fully saturated rings. The van der Waals surface area contributed by atoms with Crippen molar-refractivity contribution in [1.82, 2.24) is 0 Å². The topological polar surface area (TPSA) is 60.0 Å². The number of rotatable bonds is 13. The van der Waals surface area contributed by atoms with Crippen molar-refractivity contribution in [3.8, 4) is 0 Å². The van der Waals surface area contributed by atoms with Gasteiger partial charge in [0, 0.05) is 30.8 Å². The molecule has 0 unspecified atom stereocenters. The highest BCUT2D eigenvalue weighted by Gasteiger charge is 2.20. The van der Waals surface area contributed by atoms with Gasteiger partial charge in [0.2, 0.25) is 0 Å². The third-order valence-electron chi connectivity index (χ3n) is 4.74. The first-order valence-corrected chi connectivity index (χ1v) is 11.0. The summed E-state index contributed by atoms with van der Waals surface area (Å²) in [6.45, 7) is 6.37. The van der Waals surface area contributed by atoms with Gasteiger partial charge in [-0.05, 0) is 24.8 Å². The molecule has 166 valence electrons. The maximum absolute atomic E-state index is 14.3. The zero-order valence-electron chi connectivity index (χ0n) is 19.1. The van der Waals surface area contributed by atoms with E-state index in [9.17, 15) is 4.39 Å². The van der Waals surface area contributed by atoms with Crippen molar-refractivity contribution >= 4 is 11.9 Å². The number of ether oxygens (including phenoxy) is 1. The molecule has 0 aromatic carbocycles. The van der Waals surface area contributed by atoms with Gasteiger partial charge in [-0.2, -0.15) is 0 Å². The summed E-state index contributed by atoms with van der Waals surface area (Å²) in [6.07, 6.45) is 17.7. The lowest BCUT2D eigenvalue weighted by atomic mass is 10.00. The van der Waals surface area contributed by atoms with E-state index >= 15 is 0 Å². The van der Waals surface area contributed by atoms with Gasteiger partial charge in [-0.15, -0.1) is 0 Å². The van der Waals surface area contributed by atoms with Crippen molar-refractivity contribution in [2.45, 2.75) is 59.3 Å². The highest BCUT2D eigenvalue weighted by molar-refractivity contribution is 6.39. The Morgan fingerprint density at radius 1 is 1.23 bits per heavy atom. The number of alkyl halides is 1. The maximum Gasteiger partial charge on any atom is 0.118 e. The van der Waals surface area contributed by atoms with E-state index in [1.54, 1.807) is 13.3 Å². The second kappa shape index (κ2) is 15.6. The summed E-state index contributed by atoms with van der Waals surface area (Å²) in [5.74, 6) is 0.675. The number of hydrogen-bond donors (Lipinski definition) is 1. The zero-order valence-corrected chi connectivity index (χ0v) is 19.1. The largest absolute Gasteiger partial charge is 0.493 e. The Balaban J connectivity index is 3.28. The van der Waals surface area contributed by atoms with Crippen molar-refractivity contribution in [2.24, 2.45) is 15.7 Å². The summed E-state index contributed by atoms with van der Waals surface area (Å²) >= 11 is 0. The highest BCUT2D eigenvalue weighted by atomic mass is 19.1. The van der Waals surface area contributed by atoms with Crippen LogP contribution in [0.15, 0.2) is 68.4 Å². The van der Waals surface area contributed by atoms with Gasteiger partial charge in [-0.25, -0.2) is 4.39 Å². The Morgan fingerprint density at radius 2 is 2.03 bits per heavy atom. The summed E-state index contributed by atoms with van der Waals surface area (Å²) < 4.78 is 20.5. The van der Waals surface area contributed by atoms with Crippen LogP contribution < -0.4 is 5.73 Å². The number of halogens is 1. The normalized spacial score (nSPS) is 16.3. The van der Waals surface area contributed by atoms with Gasteiger partial charge in [0.25, 0.3) is 0 Å². The lowest BCUT2D eigenvalue weighted by Crippen LogP contribution is -2.13. The lowest BCUT2D eigenvalue weighted by Gasteiger charge is -2.17. The van der Waals surface area contributed by atoms with Crippen LogP contribution in [-0.2, 0) is 4.74 Å². The molecule has 0 bridgehead atoms. The van der Waals surface area contributed by atoms with Gasteiger partial charge in [0.05, 0.1) is 12.4 Å². The molecule has 4 nitrogen and oxygen atoms in total. The van der Waals surface area contributed by atoms with Crippen molar-refractivity contribution in [2.75, 3.05) is 27.0 Å². The van der Waals surface area contributed by atoms with E-state index in [2.05, 4.69) is 55.1 Å². The monoisotopic (exact) mass is 415 g/mol. The van der Waals surface area contributed by atoms with E-state index < -0.39 is 6.67 Å². The molecule has 5 heteroatoms. The second-order valence-corrected chi connectivity index (χ2v) is 7.14. The number of aliphatic imine (C=N–C) groups is 2. The first-order valence-electron chi connectivity index (χ1n) is 11.0. The molecule has 0 saturated carbocycles. The van der Waals surface area contributed by atoms with Gasteiger partial charge >= 0.3 is 0 Å². The molecule has 1 rings (SSSR count). The number of unbranched alkanes of at least 4 members (excludes halogenated alkanes) is 1. The number of allylic oxidation sites excluding steroid dienone is 7. The van der Waals surface area contributed by atoms with Gasteiger partial charge in [-0.1, -0.05) is 69.6 Å². The lowest BCUT2D eigenvalue weighted by molar-refractivity contribution is 0.229. The van der Waals surface area contributed by atoms with Crippen LogP contribution in [0.4, 0.5) is 4.39 Å². The maximum atomic E-state index is 14.3. The average molecular weight is 416 g/mol. The first kappa shape index (κ1) is 25.8. The summed E-state index contributed by atoms with van der Waals surface area (Å²) in [4.78, 5) is 8.40. The Bertz CT molecular complexity index is 739. The van der Waals surface area contributed by atoms with Crippen LogP contribution in [0.3, 0.4) is 0 Å². The Morgan fingerprint density at radius 3 is 2.63 bits per heavy atom. The van der Waals surface area contributed by atoms with E-state index in [-0.39, 0.29) is 6.67 Å². The molecular weight excluding hydrogens is 377 g/mol. The van der Waals surface area contributed by atoms with E-state index in [1.807, 2.05) is 6.08 Å². The fraction of sp³-hybridized carbons (Fsp3) is 0.520. The van der Waals surface area contributed by atoms with Gasteiger partial charge in [0.15, 0.2) is 0 Å². The number of nitrogens with two attached hydrogens (primary N) is 1. The fourth-order valence-electron chi connectivity index (χ4n) is 3.24. The van der Waals surface area contributed by atoms with Crippen LogP contribution in [0.2, 0.25) is 0 Å². The van der Waals surface area contributed by atoms with Crippen molar-refractivity contribution in [3.05, 3.63) is 58.4 Å². The van der Waals surface area contributed by atoms with Gasteiger partial charge in [-0.3, -0.25) is 9.98 Å². The minimum absolute atomic E-state index is 0.163. The predicted octanol–water partition coefficient (Wildman–Crippen LogP) is 6.03. The van der Waals surface area contributed by atoms with E-state index in [1.165, 1.54) is 5.57 Å². The van der Waals surface area contributed by atoms with E-state index in [0.717, 1.165) is 37.7 Å². The molecule has 1 aliphatic rings. The summed E-state index contributed by atoms with van der Waals surface area (Å²) in [6, 6.07) is 0. The molecule has 0 aromatic rings. The molecule has 1 aliphatic carbocycles. The Hall–Kier alpha value is -2.27. The van der Waals surface area contributed by atoms with Crippen molar-refractivity contribution in [1.29, 1.82) is 0 Å². The SMILES string of the molecule is CC/C=C(\C=C/CCC)COC1=C(CF)C(C(/C=N\CN)=N/C)=CC=C(CCC)C1. The Kier molecular flexibility index (Phi) is 13.4. The number of nitrogens with zero attached hydrogens (tertiary/aromatic N) is 2. The van der Waals surface area contributed by atoms with Gasteiger partial charge < -0.3 is 10.5 Å². The standard InChI is InChI=1S/C25H38FN3O/c1-5-8-9-12-21(11-7-3)18-30-25-15-20(10-6-2)13-14-22(23(25)16-26)24(28-4)17-29-19-27/h9,11-14,17H,5-8,10,15-16,18-19,27H2,1-4H3/b12-9-,21-11+,28-24+,29-17-. The molecule has 0 heterocycles.